The summed E-state index contributed by atoms with van der Waals surface area (Å²) in [6.45, 7) is 8.50. The zero-order valence-electron chi connectivity index (χ0n) is 18.3. The van der Waals surface area contributed by atoms with Gasteiger partial charge in [-0.1, -0.05) is 11.2 Å². The Balaban J connectivity index is 1.47. The van der Waals surface area contributed by atoms with Gasteiger partial charge >= 0.3 is 0 Å². The molecule has 1 N–H and O–H groups in total. The first-order chi connectivity index (χ1) is 14.7. The summed E-state index contributed by atoms with van der Waals surface area (Å²) in [4.78, 5) is 9.60. The van der Waals surface area contributed by atoms with Crippen LogP contribution in [0.4, 0.5) is 0 Å². The summed E-state index contributed by atoms with van der Waals surface area (Å²) in [5.41, 5.74) is 2.22. The second kappa shape index (κ2) is 11.4. The van der Waals surface area contributed by atoms with E-state index in [1.807, 2.05) is 18.2 Å². The zero-order chi connectivity index (χ0) is 21.2. The highest BCUT2D eigenvalue weighted by Gasteiger charge is 2.20. The number of aliphatic imine (C=N–C) groups is 1. The van der Waals surface area contributed by atoms with Crippen LogP contribution in [0.3, 0.4) is 0 Å². The number of hydrogen-bond donors (Lipinski definition) is 1. The fraction of sp³-hybridized carbons (Fsp3) is 0.545. The second-order valence-electron chi connectivity index (χ2n) is 7.28. The smallest absolute Gasteiger partial charge is 0.194 e. The van der Waals surface area contributed by atoms with E-state index in [9.17, 15) is 0 Å². The molecule has 0 unspecified atom stereocenters. The van der Waals surface area contributed by atoms with Crippen molar-refractivity contribution in [2.45, 2.75) is 26.3 Å². The number of rotatable bonds is 9. The zero-order valence-corrected chi connectivity index (χ0v) is 18.3. The van der Waals surface area contributed by atoms with Gasteiger partial charge in [0.15, 0.2) is 17.5 Å². The molecule has 2 aromatic rings. The Morgan fingerprint density at radius 2 is 1.93 bits per heavy atom. The fourth-order valence-electron chi connectivity index (χ4n) is 3.60. The van der Waals surface area contributed by atoms with Gasteiger partial charge < -0.3 is 24.2 Å². The standard InChI is InChI=1S/C22H33N5O3/c1-4-23-22(27-13-11-26(12-14-27)17-19-9-15-30-25-19)24-10-5-6-18-7-8-20(28-2)21(16-18)29-3/h7-9,15-16H,4-6,10-14,17H2,1-3H3,(H,23,24). The number of benzene rings is 1. The van der Waals surface area contributed by atoms with Crippen molar-refractivity contribution in [1.29, 1.82) is 0 Å². The first kappa shape index (κ1) is 22.0. The molecule has 3 rings (SSSR count). The summed E-state index contributed by atoms with van der Waals surface area (Å²) in [6, 6.07) is 8.02. The summed E-state index contributed by atoms with van der Waals surface area (Å²) >= 11 is 0. The largest absolute Gasteiger partial charge is 0.493 e. The molecule has 0 atom stereocenters. The van der Waals surface area contributed by atoms with Crippen LogP contribution in [0.1, 0.15) is 24.6 Å². The number of ether oxygens (including phenoxy) is 2. The van der Waals surface area contributed by atoms with Crippen LogP contribution in [0.25, 0.3) is 0 Å². The normalized spacial score (nSPS) is 15.3. The molecule has 0 amide bonds. The average Bonchev–Trinajstić information content (AvgIpc) is 3.29. The van der Waals surface area contributed by atoms with Crippen molar-refractivity contribution in [1.82, 2.24) is 20.3 Å². The first-order valence-corrected chi connectivity index (χ1v) is 10.6. The van der Waals surface area contributed by atoms with Crippen molar-refractivity contribution < 1.29 is 14.0 Å². The van der Waals surface area contributed by atoms with E-state index in [-0.39, 0.29) is 0 Å². The highest BCUT2D eigenvalue weighted by Crippen LogP contribution is 2.27. The molecular formula is C22H33N5O3. The monoisotopic (exact) mass is 415 g/mol. The Labute approximate surface area is 178 Å². The van der Waals surface area contributed by atoms with E-state index in [1.165, 1.54) is 5.56 Å². The molecule has 8 nitrogen and oxygen atoms in total. The average molecular weight is 416 g/mol. The lowest BCUT2D eigenvalue weighted by molar-refractivity contribution is 0.169. The van der Waals surface area contributed by atoms with Crippen molar-refractivity contribution in [2.24, 2.45) is 4.99 Å². The third-order valence-corrected chi connectivity index (χ3v) is 5.22. The summed E-state index contributed by atoms with van der Waals surface area (Å²) in [6.07, 6.45) is 3.56. The minimum Gasteiger partial charge on any atom is -0.493 e. The molecule has 0 saturated carbocycles. The van der Waals surface area contributed by atoms with Gasteiger partial charge in [-0.15, -0.1) is 0 Å². The molecule has 0 radical (unpaired) electrons. The molecule has 30 heavy (non-hydrogen) atoms. The molecule has 1 saturated heterocycles. The van der Waals surface area contributed by atoms with Gasteiger partial charge in [-0.2, -0.15) is 0 Å². The minimum atomic E-state index is 0.761. The SMILES string of the molecule is CCNC(=NCCCc1ccc(OC)c(OC)c1)N1CCN(Cc2ccon2)CC1. The Kier molecular flexibility index (Phi) is 8.38. The van der Waals surface area contributed by atoms with E-state index < -0.39 is 0 Å². The Bertz CT molecular complexity index is 786. The molecule has 1 aromatic carbocycles. The van der Waals surface area contributed by atoms with Crippen molar-refractivity contribution in [3.05, 3.63) is 41.8 Å². The molecule has 8 heteroatoms. The number of guanidine groups is 1. The molecule has 1 aromatic heterocycles. The summed E-state index contributed by atoms with van der Waals surface area (Å²) in [5, 5.41) is 7.45. The Hall–Kier alpha value is -2.74. The van der Waals surface area contributed by atoms with Crippen LogP contribution in [-0.2, 0) is 13.0 Å². The fourth-order valence-corrected chi connectivity index (χ4v) is 3.60. The van der Waals surface area contributed by atoms with Gasteiger partial charge in [-0.25, -0.2) is 0 Å². The number of nitrogens with one attached hydrogen (secondary N) is 1. The maximum atomic E-state index is 5.39. The van der Waals surface area contributed by atoms with E-state index in [4.69, 9.17) is 19.0 Å². The highest BCUT2D eigenvalue weighted by molar-refractivity contribution is 5.80. The number of methoxy groups -OCH3 is 2. The van der Waals surface area contributed by atoms with Gasteiger partial charge in [0.25, 0.3) is 0 Å². The summed E-state index contributed by atoms with van der Waals surface area (Å²) in [5.74, 6) is 2.54. The third kappa shape index (κ3) is 6.13. The van der Waals surface area contributed by atoms with Crippen LogP contribution in [0.15, 0.2) is 40.0 Å². The van der Waals surface area contributed by atoms with E-state index in [0.717, 1.165) is 81.8 Å². The first-order valence-electron chi connectivity index (χ1n) is 10.6. The van der Waals surface area contributed by atoms with E-state index >= 15 is 0 Å². The number of piperazine rings is 1. The molecule has 1 fully saturated rings. The van der Waals surface area contributed by atoms with Gasteiger partial charge in [0.2, 0.25) is 0 Å². The maximum absolute atomic E-state index is 5.39. The van der Waals surface area contributed by atoms with E-state index in [1.54, 1.807) is 20.5 Å². The summed E-state index contributed by atoms with van der Waals surface area (Å²) < 4.78 is 15.6. The lowest BCUT2D eigenvalue weighted by Gasteiger charge is -2.36. The lowest BCUT2D eigenvalue weighted by atomic mass is 10.1. The molecule has 1 aliphatic heterocycles. The van der Waals surface area contributed by atoms with Crippen LogP contribution in [0, 0.1) is 0 Å². The van der Waals surface area contributed by atoms with Gasteiger partial charge in [0.1, 0.15) is 6.26 Å². The van der Waals surface area contributed by atoms with Gasteiger partial charge in [-0.3, -0.25) is 9.89 Å². The van der Waals surface area contributed by atoms with Crippen LogP contribution in [0.5, 0.6) is 11.5 Å². The number of aromatic nitrogens is 1. The third-order valence-electron chi connectivity index (χ3n) is 5.22. The van der Waals surface area contributed by atoms with E-state index in [2.05, 4.69) is 33.3 Å². The van der Waals surface area contributed by atoms with Crippen molar-refractivity contribution in [3.8, 4) is 11.5 Å². The van der Waals surface area contributed by atoms with E-state index in [0.29, 0.717) is 0 Å². The number of aryl methyl sites for hydroxylation is 1. The van der Waals surface area contributed by atoms with Crippen LogP contribution in [0.2, 0.25) is 0 Å². The van der Waals surface area contributed by atoms with Gasteiger partial charge in [-0.05, 0) is 37.5 Å². The van der Waals surface area contributed by atoms with Crippen molar-refractivity contribution in [3.63, 3.8) is 0 Å². The number of nitrogens with zero attached hydrogens (tertiary/aromatic N) is 4. The molecule has 164 valence electrons. The quantitative estimate of drug-likeness (QED) is 0.383. The Morgan fingerprint density at radius 3 is 2.60 bits per heavy atom. The molecule has 0 aliphatic carbocycles. The van der Waals surface area contributed by atoms with Gasteiger partial charge in [0.05, 0.1) is 19.9 Å². The predicted molar refractivity (Wildman–Crippen MR) is 117 cm³/mol. The molecular weight excluding hydrogens is 382 g/mol. The van der Waals surface area contributed by atoms with Crippen molar-refractivity contribution in [2.75, 3.05) is 53.5 Å². The van der Waals surface area contributed by atoms with Crippen molar-refractivity contribution >= 4 is 5.96 Å². The predicted octanol–water partition coefficient (Wildman–Crippen LogP) is 2.41. The van der Waals surface area contributed by atoms with Crippen LogP contribution >= 0.6 is 0 Å². The second-order valence-corrected chi connectivity index (χ2v) is 7.28. The molecule has 0 spiro atoms. The minimum absolute atomic E-state index is 0.761. The van der Waals surface area contributed by atoms with Gasteiger partial charge in [0, 0.05) is 51.9 Å². The van der Waals surface area contributed by atoms with Crippen LogP contribution < -0.4 is 14.8 Å². The highest BCUT2D eigenvalue weighted by atomic mass is 16.5. The molecule has 0 bridgehead atoms. The lowest BCUT2D eigenvalue weighted by Crippen LogP contribution is -2.52. The summed E-state index contributed by atoms with van der Waals surface area (Å²) in [7, 11) is 3.32. The molecule has 2 heterocycles. The molecule has 1 aliphatic rings. The Morgan fingerprint density at radius 1 is 1.13 bits per heavy atom. The number of hydrogen-bond acceptors (Lipinski definition) is 6. The van der Waals surface area contributed by atoms with Crippen LogP contribution in [-0.4, -0.2) is 74.4 Å². The maximum Gasteiger partial charge on any atom is 0.194 e. The topological polar surface area (TPSA) is 75.4 Å².